The summed E-state index contributed by atoms with van der Waals surface area (Å²) in [7, 11) is 3.18. The Kier molecular flexibility index (Phi) is 7.15. The summed E-state index contributed by atoms with van der Waals surface area (Å²) in [6, 6.07) is 14.7. The molecule has 0 saturated carbocycles. The van der Waals surface area contributed by atoms with Crippen molar-refractivity contribution in [3.05, 3.63) is 54.1 Å². The maximum atomic E-state index is 13.6. The van der Waals surface area contributed by atoms with Crippen molar-refractivity contribution in [1.82, 2.24) is 9.88 Å². The lowest BCUT2D eigenvalue weighted by Gasteiger charge is -2.32. The van der Waals surface area contributed by atoms with Gasteiger partial charge in [-0.1, -0.05) is 18.2 Å². The Morgan fingerprint density at radius 1 is 1.12 bits per heavy atom. The first-order valence-electron chi connectivity index (χ1n) is 11.4. The van der Waals surface area contributed by atoms with Gasteiger partial charge in [-0.2, -0.15) is 0 Å². The molecule has 0 radical (unpaired) electrons. The number of nitrogens with one attached hydrogen (secondary N) is 1. The van der Waals surface area contributed by atoms with Crippen LogP contribution < -0.4 is 14.8 Å². The Balaban J connectivity index is 1.67. The number of para-hydroxylation sites is 1. The molecule has 1 fully saturated rings. The van der Waals surface area contributed by atoms with Gasteiger partial charge in [0.1, 0.15) is 17.3 Å². The molecule has 1 N–H and O–H groups in total. The van der Waals surface area contributed by atoms with E-state index in [0.29, 0.717) is 53.8 Å². The minimum Gasteiger partial charge on any atom is -0.497 e. The summed E-state index contributed by atoms with van der Waals surface area (Å²) in [6.45, 7) is 3.07. The van der Waals surface area contributed by atoms with E-state index in [0.717, 1.165) is 18.2 Å². The smallest absolute Gasteiger partial charge is 0.310 e. The van der Waals surface area contributed by atoms with Gasteiger partial charge in [-0.25, -0.2) is 4.98 Å². The molecule has 8 nitrogen and oxygen atoms in total. The van der Waals surface area contributed by atoms with Crippen molar-refractivity contribution in [2.75, 3.05) is 39.2 Å². The number of methoxy groups -OCH3 is 2. The third-order valence-electron chi connectivity index (χ3n) is 5.95. The third kappa shape index (κ3) is 4.90. The fourth-order valence-corrected chi connectivity index (χ4v) is 4.24. The van der Waals surface area contributed by atoms with Gasteiger partial charge < -0.3 is 24.4 Å². The van der Waals surface area contributed by atoms with Gasteiger partial charge in [0, 0.05) is 24.5 Å². The minimum absolute atomic E-state index is 0.127. The van der Waals surface area contributed by atoms with E-state index in [9.17, 15) is 9.59 Å². The number of hydrogen-bond acceptors (Lipinski definition) is 7. The van der Waals surface area contributed by atoms with Crippen molar-refractivity contribution < 1.29 is 23.8 Å². The molecule has 2 heterocycles. The molecule has 0 spiro atoms. The summed E-state index contributed by atoms with van der Waals surface area (Å²) < 4.78 is 15.9. The monoisotopic (exact) mass is 463 g/mol. The van der Waals surface area contributed by atoms with Crippen LogP contribution in [0.1, 0.15) is 30.1 Å². The fourth-order valence-electron chi connectivity index (χ4n) is 4.24. The fraction of sp³-hybridized carbons (Fsp3) is 0.346. The van der Waals surface area contributed by atoms with Crippen LogP contribution >= 0.6 is 0 Å². The van der Waals surface area contributed by atoms with E-state index in [1.807, 2.05) is 36.4 Å². The van der Waals surface area contributed by atoms with E-state index >= 15 is 0 Å². The first-order chi connectivity index (χ1) is 16.5. The van der Waals surface area contributed by atoms with Crippen LogP contribution in [0.5, 0.6) is 11.5 Å². The van der Waals surface area contributed by atoms with Crippen LogP contribution in [-0.4, -0.2) is 55.7 Å². The second-order valence-corrected chi connectivity index (χ2v) is 8.11. The molecule has 1 aromatic heterocycles. The number of rotatable bonds is 7. The normalized spacial score (nSPS) is 15.6. The minimum atomic E-state index is -0.299. The largest absolute Gasteiger partial charge is 0.497 e. The SMILES string of the molecule is CCOC(=O)[C@H]1CCCN(C(=O)c2cc(Nc3ccc(OC)cc3OC)nc3ccccc23)C1. The van der Waals surface area contributed by atoms with Crippen LogP contribution in [0, 0.1) is 5.92 Å². The van der Waals surface area contributed by atoms with E-state index in [1.54, 1.807) is 38.2 Å². The molecule has 1 saturated heterocycles. The van der Waals surface area contributed by atoms with Gasteiger partial charge in [-0.3, -0.25) is 9.59 Å². The number of hydrogen-bond donors (Lipinski definition) is 1. The lowest BCUT2D eigenvalue weighted by atomic mass is 9.97. The number of piperidine rings is 1. The number of nitrogens with zero attached hydrogens (tertiary/aromatic N) is 2. The molecule has 178 valence electrons. The Morgan fingerprint density at radius 2 is 1.94 bits per heavy atom. The highest BCUT2D eigenvalue weighted by Gasteiger charge is 2.30. The van der Waals surface area contributed by atoms with E-state index in [1.165, 1.54) is 0 Å². The third-order valence-corrected chi connectivity index (χ3v) is 5.95. The molecule has 34 heavy (non-hydrogen) atoms. The van der Waals surface area contributed by atoms with E-state index in [2.05, 4.69) is 5.32 Å². The lowest BCUT2D eigenvalue weighted by molar-refractivity contribution is -0.149. The van der Waals surface area contributed by atoms with E-state index in [4.69, 9.17) is 19.2 Å². The second kappa shape index (κ2) is 10.4. The summed E-state index contributed by atoms with van der Waals surface area (Å²) >= 11 is 0. The molecular weight excluding hydrogens is 434 g/mol. The van der Waals surface area contributed by atoms with Crippen LogP contribution in [0.3, 0.4) is 0 Å². The van der Waals surface area contributed by atoms with Crippen molar-refractivity contribution in [2.45, 2.75) is 19.8 Å². The lowest BCUT2D eigenvalue weighted by Crippen LogP contribution is -2.42. The van der Waals surface area contributed by atoms with Crippen molar-refractivity contribution in [3.8, 4) is 11.5 Å². The predicted octanol–water partition coefficient (Wildman–Crippen LogP) is 4.41. The first kappa shape index (κ1) is 23.4. The Labute approximate surface area is 198 Å². The highest BCUT2D eigenvalue weighted by molar-refractivity contribution is 6.07. The highest BCUT2D eigenvalue weighted by atomic mass is 16.5. The van der Waals surface area contributed by atoms with Crippen molar-refractivity contribution in [3.63, 3.8) is 0 Å². The zero-order chi connectivity index (χ0) is 24.1. The van der Waals surface area contributed by atoms with Crippen LogP contribution in [0.15, 0.2) is 48.5 Å². The van der Waals surface area contributed by atoms with Gasteiger partial charge in [-0.15, -0.1) is 0 Å². The number of carbonyl (C=O) groups excluding carboxylic acids is 2. The summed E-state index contributed by atoms with van der Waals surface area (Å²) in [6.07, 6.45) is 1.48. The molecule has 0 bridgehead atoms. The number of amides is 1. The maximum Gasteiger partial charge on any atom is 0.310 e. The maximum absolute atomic E-state index is 13.6. The number of likely N-dealkylation sites (tertiary alicyclic amines) is 1. The average molecular weight is 464 g/mol. The zero-order valence-corrected chi connectivity index (χ0v) is 19.7. The van der Waals surface area contributed by atoms with Crippen LogP contribution in [-0.2, 0) is 9.53 Å². The summed E-state index contributed by atoms with van der Waals surface area (Å²) in [5.74, 6) is 1.11. The average Bonchev–Trinajstić information content (AvgIpc) is 2.88. The first-order valence-corrected chi connectivity index (χ1v) is 11.4. The molecule has 2 aromatic carbocycles. The molecule has 1 aliphatic heterocycles. The molecule has 4 rings (SSSR count). The van der Waals surface area contributed by atoms with Gasteiger partial charge in [-0.05, 0) is 44.0 Å². The van der Waals surface area contributed by atoms with Gasteiger partial charge in [0.2, 0.25) is 0 Å². The van der Waals surface area contributed by atoms with E-state index < -0.39 is 0 Å². The number of aromatic nitrogens is 1. The molecule has 0 aliphatic carbocycles. The Morgan fingerprint density at radius 3 is 2.71 bits per heavy atom. The topological polar surface area (TPSA) is 90.0 Å². The number of anilines is 2. The molecule has 1 aliphatic rings. The molecular formula is C26H29N3O5. The number of carbonyl (C=O) groups is 2. The number of ether oxygens (including phenoxy) is 3. The predicted molar refractivity (Wildman–Crippen MR) is 130 cm³/mol. The number of fused-ring (bicyclic) bond motifs is 1. The van der Waals surface area contributed by atoms with Gasteiger partial charge in [0.15, 0.2) is 0 Å². The second-order valence-electron chi connectivity index (χ2n) is 8.11. The highest BCUT2D eigenvalue weighted by Crippen LogP contribution is 2.32. The Hall–Kier alpha value is -3.81. The van der Waals surface area contributed by atoms with Gasteiger partial charge >= 0.3 is 5.97 Å². The molecule has 0 unspecified atom stereocenters. The van der Waals surface area contributed by atoms with Gasteiger partial charge in [0.25, 0.3) is 5.91 Å². The van der Waals surface area contributed by atoms with E-state index in [-0.39, 0.29) is 17.8 Å². The van der Waals surface area contributed by atoms with Crippen molar-refractivity contribution in [1.29, 1.82) is 0 Å². The molecule has 8 heteroatoms. The van der Waals surface area contributed by atoms with Crippen LogP contribution in [0.4, 0.5) is 11.5 Å². The standard InChI is InChI=1S/C26H29N3O5/c1-4-34-26(31)17-8-7-13-29(16-17)25(30)20-15-24(27-21-10-6-5-9-19(20)21)28-22-12-11-18(32-2)14-23(22)33-3/h5-6,9-12,14-15,17H,4,7-8,13,16H2,1-3H3,(H,27,28)/t17-/m0/s1. The van der Waals surface area contributed by atoms with Gasteiger partial charge in [0.05, 0.1) is 43.5 Å². The molecule has 3 aromatic rings. The zero-order valence-electron chi connectivity index (χ0n) is 19.7. The molecule has 1 amide bonds. The van der Waals surface area contributed by atoms with Crippen molar-refractivity contribution >= 4 is 34.3 Å². The number of pyridine rings is 1. The summed E-state index contributed by atoms with van der Waals surface area (Å²) in [4.78, 5) is 32.3. The van der Waals surface area contributed by atoms with Crippen LogP contribution in [0.2, 0.25) is 0 Å². The summed E-state index contributed by atoms with van der Waals surface area (Å²) in [5, 5.41) is 4.03. The number of benzene rings is 2. The Bertz CT molecular complexity index is 1200. The van der Waals surface area contributed by atoms with Crippen molar-refractivity contribution in [2.24, 2.45) is 5.92 Å². The number of esters is 1. The quantitative estimate of drug-likeness (QED) is 0.519. The molecule has 1 atom stereocenters. The summed E-state index contributed by atoms with van der Waals surface area (Å²) in [5.41, 5.74) is 1.93. The van der Waals surface area contributed by atoms with Crippen LogP contribution in [0.25, 0.3) is 10.9 Å².